The van der Waals surface area contributed by atoms with Crippen LogP contribution in [0, 0.1) is 6.92 Å². The van der Waals surface area contributed by atoms with Crippen LogP contribution < -0.4 is 0 Å². The van der Waals surface area contributed by atoms with Crippen molar-refractivity contribution in [1.82, 2.24) is 9.36 Å². The van der Waals surface area contributed by atoms with Crippen LogP contribution in [0.1, 0.15) is 15.9 Å². The molecule has 0 saturated carbocycles. The SMILES string of the molecule is Cc1cccc(-c2nsc(SCC(=O)c3ccccc3)n2)c1. The quantitative estimate of drug-likeness (QED) is 0.512. The molecule has 0 N–H and O–H groups in total. The Bertz CT molecular complexity index is 784. The molecule has 0 atom stereocenters. The summed E-state index contributed by atoms with van der Waals surface area (Å²) >= 11 is 2.78. The van der Waals surface area contributed by atoms with Gasteiger partial charge in [0.05, 0.1) is 5.75 Å². The molecule has 110 valence electrons. The van der Waals surface area contributed by atoms with Crippen LogP contribution >= 0.6 is 23.3 Å². The normalized spacial score (nSPS) is 10.6. The number of rotatable bonds is 5. The van der Waals surface area contributed by atoms with Gasteiger partial charge in [0.15, 0.2) is 15.9 Å². The summed E-state index contributed by atoms with van der Waals surface area (Å²) in [6.45, 7) is 2.05. The van der Waals surface area contributed by atoms with E-state index in [-0.39, 0.29) is 5.78 Å². The molecule has 0 bridgehead atoms. The van der Waals surface area contributed by atoms with E-state index in [0.29, 0.717) is 5.75 Å². The Morgan fingerprint density at radius 1 is 1.14 bits per heavy atom. The number of hydrogen-bond donors (Lipinski definition) is 0. The van der Waals surface area contributed by atoms with Gasteiger partial charge >= 0.3 is 0 Å². The lowest BCUT2D eigenvalue weighted by Gasteiger charge is -1.98. The highest BCUT2D eigenvalue weighted by molar-refractivity contribution is 8.01. The molecule has 0 fully saturated rings. The monoisotopic (exact) mass is 326 g/mol. The topological polar surface area (TPSA) is 42.9 Å². The molecule has 0 aliphatic heterocycles. The minimum atomic E-state index is 0.109. The minimum Gasteiger partial charge on any atom is -0.293 e. The Morgan fingerprint density at radius 3 is 2.73 bits per heavy atom. The molecule has 0 saturated heterocycles. The van der Waals surface area contributed by atoms with Gasteiger partial charge in [-0.15, -0.1) is 0 Å². The van der Waals surface area contributed by atoms with Crippen molar-refractivity contribution in [2.45, 2.75) is 11.3 Å². The zero-order valence-electron chi connectivity index (χ0n) is 12.0. The second-order valence-electron chi connectivity index (χ2n) is 4.83. The first-order valence-electron chi connectivity index (χ1n) is 6.84. The van der Waals surface area contributed by atoms with Crippen LogP contribution in [-0.4, -0.2) is 20.9 Å². The van der Waals surface area contributed by atoms with Crippen LogP contribution in [0.3, 0.4) is 0 Å². The van der Waals surface area contributed by atoms with E-state index >= 15 is 0 Å². The Kier molecular flexibility index (Phi) is 4.65. The number of carbonyl (C=O) groups is 1. The van der Waals surface area contributed by atoms with Crippen LogP contribution in [0.15, 0.2) is 58.9 Å². The average Bonchev–Trinajstić information content (AvgIpc) is 3.02. The second-order valence-corrected chi connectivity index (χ2v) is 6.81. The standard InChI is InChI=1S/C17H14N2OS2/c1-12-6-5-9-14(10-12)16-18-17(22-19-16)21-11-15(20)13-7-3-2-4-8-13/h2-10H,11H2,1H3. The summed E-state index contributed by atoms with van der Waals surface area (Å²) in [6, 6.07) is 17.4. The molecule has 0 aliphatic rings. The highest BCUT2D eigenvalue weighted by Crippen LogP contribution is 2.26. The molecule has 3 aromatic rings. The summed E-state index contributed by atoms with van der Waals surface area (Å²) in [5, 5.41) is 0. The lowest BCUT2D eigenvalue weighted by atomic mass is 10.1. The summed E-state index contributed by atoms with van der Waals surface area (Å²) in [5.41, 5.74) is 2.93. The van der Waals surface area contributed by atoms with Crippen molar-refractivity contribution in [1.29, 1.82) is 0 Å². The number of aryl methyl sites for hydroxylation is 1. The Hall–Kier alpha value is -1.98. The first kappa shape index (κ1) is 14.9. The van der Waals surface area contributed by atoms with Gasteiger partial charge in [0, 0.05) is 11.1 Å². The molecule has 0 aliphatic carbocycles. The molecule has 1 aromatic heterocycles. The number of ketones is 1. The maximum absolute atomic E-state index is 12.1. The van der Waals surface area contributed by atoms with E-state index in [1.807, 2.05) is 55.5 Å². The predicted octanol–water partition coefficient (Wildman–Crippen LogP) is 4.49. The number of nitrogens with zero attached hydrogens (tertiary/aromatic N) is 2. The number of aromatic nitrogens is 2. The maximum Gasteiger partial charge on any atom is 0.174 e. The van der Waals surface area contributed by atoms with E-state index in [1.165, 1.54) is 28.9 Å². The van der Waals surface area contributed by atoms with Gasteiger partial charge in [0.2, 0.25) is 0 Å². The summed E-state index contributed by atoms with van der Waals surface area (Å²) in [4.78, 5) is 16.6. The van der Waals surface area contributed by atoms with E-state index in [9.17, 15) is 4.79 Å². The molecule has 0 radical (unpaired) electrons. The van der Waals surface area contributed by atoms with Crippen molar-refractivity contribution >= 4 is 29.1 Å². The molecule has 3 rings (SSSR count). The van der Waals surface area contributed by atoms with Gasteiger partial charge in [-0.05, 0) is 24.5 Å². The molecule has 2 aromatic carbocycles. The lowest BCUT2D eigenvalue weighted by molar-refractivity contribution is 0.102. The molecular formula is C17H14N2OS2. The maximum atomic E-state index is 12.1. The summed E-state index contributed by atoms with van der Waals surface area (Å²) in [6.07, 6.45) is 0. The summed E-state index contributed by atoms with van der Waals surface area (Å²) < 4.78 is 5.20. The van der Waals surface area contributed by atoms with Gasteiger partial charge in [0.1, 0.15) is 0 Å². The largest absolute Gasteiger partial charge is 0.293 e. The van der Waals surface area contributed by atoms with Crippen LogP contribution in [0.25, 0.3) is 11.4 Å². The highest BCUT2D eigenvalue weighted by Gasteiger charge is 2.10. The number of benzene rings is 2. The van der Waals surface area contributed by atoms with Gasteiger partial charge in [-0.1, -0.05) is 65.9 Å². The lowest BCUT2D eigenvalue weighted by Crippen LogP contribution is -2.01. The molecular weight excluding hydrogens is 312 g/mol. The van der Waals surface area contributed by atoms with Crippen LogP contribution in [0.2, 0.25) is 0 Å². The Balaban J connectivity index is 1.66. The number of Topliss-reactive ketones (excluding diaryl/α,β-unsaturated/α-hetero) is 1. The summed E-state index contributed by atoms with van der Waals surface area (Å²) in [7, 11) is 0. The third-order valence-corrected chi connectivity index (χ3v) is 4.94. The van der Waals surface area contributed by atoms with Gasteiger partial charge in [-0.2, -0.15) is 4.37 Å². The number of thioether (sulfide) groups is 1. The van der Waals surface area contributed by atoms with E-state index < -0.39 is 0 Å². The van der Waals surface area contributed by atoms with Gasteiger partial charge in [-0.25, -0.2) is 4.98 Å². The van der Waals surface area contributed by atoms with E-state index in [2.05, 4.69) is 15.4 Å². The number of hydrogen-bond acceptors (Lipinski definition) is 5. The highest BCUT2D eigenvalue weighted by atomic mass is 32.2. The molecule has 0 spiro atoms. The van der Waals surface area contributed by atoms with Crippen molar-refractivity contribution in [3.8, 4) is 11.4 Å². The van der Waals surface area contributed by atoms with Gasteiger partial charge in [0.25, 0.3) is 0 Å². The van der Waals surface area contributed by atoms with Crippen molar-refractivity contribution in [2.24, 2.45) is 0 Å². The minimum absolute atomic E-state index is 0.109. The molecule has 5 heteroatoms. The van der Waals surface area contributed by atoms with Crippen molar-refractivity contribution in [3.05, 3.63) is 65.7 Å². The molecule has 1 heterocycles. The van der Waals surface area contributed by atoms with Gasteiger partial charge in [-0.3, -0.25) is 4.79 Å². The van der Waals surface area contributed by atoms with Crippen molar-refractivity contribution in [3.63, 3.8) is 0 Å². The molecule has 0 amide bonds. The predicted molar refractivity (Wildman–Crippen MR) is 91.6 cm³/mol. The van der Waals surface area contributed by atoms with Crippen LogP contribution in [0.5, 0.6) is 0 Å². The second kappa shape index (κ2) is 6.85. The van der Waals surface area contributed by atoms with Crippen molar-refractivity contribution < 1.29 is 4.79 Å². The fraction of sp³-hybridized carbons (Fsp3) is 0.118. The number of carbonyl (C=O) groups excluding carboxylic acids is 1. The van der Waals surface area contributed by atoms with Gasteiger partial charge < -0.3 is 0 Å². The molecule has 22 heavy (non-hydrogen) atoms. The average molecular weight is 326 g/mol. The zero-order valence-corrected chi connectivity index (χ0v) is 13.7. The first-order valence-corrected chi connectivity index (χ1v) is 8.60. The third kappa shape index (κ3) is 3.61. The van der Waals surface area contributed by atoms with E-state index in [1.54, 1.807) is 0 Å². The fourth-order valence-electron chi connectivity index (χ4n) is 2.00. The molecule has 3 nitrogen and oxygen atoms in total. The van der Waals surface area contributed by atoms with E-state index in [4.69, 9.17) is 0 Å². The smallest absolute Gasteiger partial charge is 0.174 e. The first-order chi connectivity index (χ1) is 10.7. The van der Waals surface area contributed by atoms with Crippen LogP contribution in [0.4, 0.5) is 0 Å². The fourth-order valence-corrected chi connectivity index (χ4v) is 3.51. The summed E-state index contributed by atoms with van der Waals surface area (Å²) in [5.74, 6) is 1.22. The van der Waals surface area contributed by atoms with E-state index in [0.717, 1.165) is 21.3 Å². The van der Waals surface area contributed by atoms with Crippen LogP contribution in [-0.2, 0) is 0 Å². The van der Waals surface area contributed by atoms with Crippen molar-refractivity contribution in [2.75, 3.05) is 5.75 Å². The Morgan fingerprint density at radius 2 is 1.95 bits per heavy atom. The molecule has 0 unspecified atom stereocenters. The zero-order chi connectivity index (χ0) is 15.4. The third-order valence-electron chi connectivity index (χ3n) is 3.11. The Labute approximate surface area is 137 Å².